The Morgan fingerprint density at radius 2 is 2.21 bits per heavy atom. The number of aryl methyl sites for hydroxylation is 1. The molecule has 1 aromatic rings. The third-order valence-corrected chi connectivity index (χ3v) is 5.63. The summed E-state index contributed by atoms with van der Waals surface area (Å²) in [4.78, 5) is 0. The van der Waals surface area contributed by atoms with E-state index in [2.05, 4.69) is 43.4 Å². The van der Waals surface area contributed by atoms with Gasteiger partial charge in [-0.05, 0) is 37.8 Å². The monoisotopic (exact) mass is 281 g/mol. The first-order valence-corrected chi connectivity index (χ1v) is 8.82. The predicted molar refractivity (Wildman–Crippen MR) is 79.0 cm³/mol. The highest BCUT2D eigenvalue weighted by Crippen LogP contribution is 2.29. The molecule has 0 bridgehead atoms. The van der Waals surface area contributed by atoms with Crippen molar-refractivity contribution in [2.75, 3.05) is 18.1 Å². The summed E-state index contributed by atoms with van der Waals surface area (Å²) >= 11 is 0. The van der Waals surface area contributed by atoms with Gasteiger partial charge < -0.3 is 5.32 Å². The van der Waals surface area contributed by atoms with Crippen molar-refractivity contribution in [3.8, 4) is 0 Å². The maximum atomic E-state index is 11.6. The van der Waals surface area contributed by atoms with E-state index in [4.69, 9.17) is 0 Å². The summed E-state index contributed by atoms with van der Waals surface area (Å²) in [5, 5.41) is 3.49. The van der Waals surface area contributed by atoms with Gasteiger partial charge in [0.2, 0.25) is 0 Å². The van der Waals surface area contributed by atoms with Gasteiger partial charge in [0, 0.05) is 6.04 Å². The van der Waals surface area contributed by atoms with E-state index >= 15 is 0 Å². The van der Waals surface area contributed by atoms with Crippen molar-refractivity contribution in [1.82, 2.24) is 5.32 Å². The zero-order valence-corrected chi connectivity index (χ0v) is 12.5. The Hall–Kier alpha value is -0.870. The molecule has 1 aromatic carbocycles. The second-order valence-corrected chi connectivity index (χ2v) is 7.76. The van der Waals surface area contributed by atoms with Gasteiger partial charge in [0.1, 0.15) is 0 Å². The molecule has 0 radical (unpaired) electrons. The van der Waals surface area contributed by atoms with Crippen LogP contribution in [-0.4, -0.2) is 26.5 Å². The van der Waals surface area contributed by atoms with Gasteiger partial charge in [0.15, 0.2) is 9.84 Å². The van der Waals surface area contributed by atoms with Crippen molar-refractivity contribution >= 4 is 9.84 Å². The predicted octanol–water partition coefficient (Wildman–Crippen LogP) is 2.47. The van der Waals surface area contributed by atoms with E-state index in [0.717, 1.165) is 19.4 Å². The molecule has 1 N–H and O–H groups in total. The van der Waals surface area contributed by atoms with E-state index in [9.17, 15) is 8.42 Å². The first-order valence-electron chi connectivity index (χ1n) is 7.00. The van der Waals surface area contributed by atoms with Crippen LogP contribution >= 0.6 is 0 Å². The smallest absolute Gasteiger partial charge is 0.150 e. The van der Waals surface area contributed by atoms with Crippen LogP contribution in [0.25, 0.3) is 0 Å². The lowest BCUT2D eigenvalue weighted by Gasteiger charge is -2.21. The Morgan fingerprint density at radius 3 is 2.79 bits per heavy atom. The molecule has 2 unspecified atom stereocenters. The van der Waals surface area contributed by atoms with E-state index < -0.39 is 9.84 Å². The summed E-state index contributed by atoms with van der Waals surface area (Å²) in [5.74, 6) is 1.03. The van der Waals surface area contributed by atoms with Gasteiger partial charge in [0.05, 0.1) is 11.5 Å². The van der Waals surface area contributed by atoms with E-state index in [1.165, 1.54) is 11.1 Å². The summed E-state index contributed by atoms with van der Waals surface area (Å²) < 4.78 is 23.1. The minimum Gasteiger partial charge on any atom is -0.310 e. The molecule has 1 aliphatic rings. The van der Waals surface area contributed by atoms with Crippen LogP contribution in [0.5, 0.6) is 0 Å². The molecular formula is C15H23NO2S. The van der Waals surface area contributed by atoms with Crippen molar-refractivity contribution in [2.45, 2.75) is 32.7 Å². The van der Waals surface area contributed by atoms with Crippen LogP contribution in [0.3, 0.4) is 0 Å². The van der Waals surface area contributed by atoms with Crippen LogP contribution in [0.15, 0.2) is 24.3 Å². The molecule has 106 valence electrons. The fraction of sp³-hybridized carbons (Fsp3) is 0.600. The molecule has 1 saturated heterocycles. The molecule has 0 aliphatic carbocycles. The maximum absolute atomic E-state index is 11.6. The summed E-state index contributed by atoms with van der Waals surface area (Å²) in [7, 11) is -2.77. The minimum absolute atomic E-state index is 0.267. The van der Waals surface area contributed by atoms with Crippen LogP contribution in [0, 0.1) is 12.8 Å². The topological polar surface area (TPSA) is 46.2 Å². The van der Waals surface area contributed by atoms with Crippen LogP contribution in [0.4, 0.5) is 0 Å². The van der Waals surface area contributed by atoms with Gasteiger partial charge in [-0.1, -0.05) is 36.8 Å². The number of nitrogens with one attached hydrogen (secondary N) is 1. The van der Waals surface area contributed by atoms with Crippen LogP contribution in [0.2, 0.25) is 0 Å². The summed E-state index contributed by atoms with van der Waals surface area (Å²) in [6, 6.07) is 8.75. The zero-order chi connectivity index (χ0) is 13.9. The van der Waals surface area contributed by atoms with Gasteiger partial charge in [-0.15, -0.1) is 0 Å². The number of hydrogen-bond donors (Lipinski definition) is 1. The highest BCUT2D eigenvalue weighted by Gasteiger charge is 2.29. The van der Waals surface area contributed by atoms with E-state index in [1.807, 2.05) is 0 Å². The first-order chi connectivity index (χ1) is 9.00. The Morgan fingerprint density at radius 1 is 1.42 bits per heavy atom. The molecular weight excluding hydrogens is 258 g/mol. The fourth-order valence-corrected chi connectivity index (χ4v) is 4.74. The molecule has 1 heterocycles. The molecule has 2 atom stereocenters. The van der Waals surface area contributed by atoms with Crippen molar-refractivity contribution in [1.29, 1.82) is 0 Å². The van der Waals surface area contributed by atoms with Gasteiger partial charge >= 0.3 is 0 Å². The Balaban J connectivity index is 2.08. The second-order valence-electron chi connectivity index (χ2n) is 5.53. The third kappa shape index (κ3) is 4.05. The highest BCUT2D eigenvalue weighted by molar-refractivity contribution is 7.91. The average Bonchev–Trinajstić information content (AvgIpc) is 2.68. The molecule has 1 aliphatic heterocycles. The molecule has 0 aromatic heterocycles. The van der Waals surface area contributed by atoms with Crippen LogP contribution in [0.1, 0.15) is 36.9 Å². The van der Waals surface area contributed by atoms with E-state index in [1.54, 1.807) is 0 Å². The average molecular weight is 281 g/mol. The molecule has 19 heavy (non-hydrogen) atoms. The van der Waals surface area contributed by atoms with Gasteiger partial charge in [-0.3, -0.25) is 0 Å². The van der Waals surface area contributed by atoms with Crippen molar-refractivity contribution in [3.05, 3.63) is 35.4 Å². The summed E-state index contributed by atoms with van der Waals surface area (Å²) in [5.41, 5.74) is 2.52. The lowest BCUT2D eigenvalue weighted by molar-refractivity contribution is 0.421. The Bertz CT molecular complexity index is 525. The Kier molecular flexibility index (Phi) is 4.63. The third-order valence-electron chi connectivity index (χ3n) is 3.79. The van der Waals surface area contributed by atoms with Crippen LogP contribution < -0.4 is 5.32 Å². The molecule has 0 spiro atoms. The molecule has 1 fully saturated rings. The fourth-order valence-electron chi connectivity index (χ4n) is 2.86. The maximum Gasteiger partial charge on any atom is 0.150 e. The Labute approximate surface area is 116 Å². The SMILES string of the molecule is CCNC(CC1CCS(=O)(=O)C1)c1cccc(C)c1. The number of sulfone groups is 1. The lowest BCUT2D eigenvalue weighted by Crippen LogP contribution is -2.24. The zero-order valence-electron chi connectivity index (χ0n) is 11.7. The highest BCUT2D eigenvalue weighted by atomic mass is 32.2. The van der Waals surface area contributed by atoms with Crippen molar-refractivity contribution in [2.24, 2.45) is 5.92 Å². The number of hydrogen-bond acceptors (Lipinski definition) is 3. The number of rotatable bonds is 5. The normalized spacial score (nSPS) is 23.4. The second kappa shape index (κ2) is 6.06. The first kappa shape index (κ1) is 14.5. The molecule has 0 saturated carbocycles. The minimum atomic E-state index is -2.77. The van der Waals surface area contributed by atoms with E-state index in [0.29, 0.717) is 17.4 Å². The lowest BCUT2D eigenvalue weighted by atomic mass is 9.93. The van der Waals surface area contributed by atoms with Crippen molar-refractivity contribution < 1.29 is 8.42 Å². The van der Waals surface area contributed by atoms with Crippen molar-refractivity contribution in [3.63, 3.8) is 0 Å². The van der Waals surface area contributed by atoms with Gasteiger partial charge in [-0.25, -0.2) is 8.42 Å². The van der Waals surface area contributed by atoms with Crippen LogP contribution in [-0.2, 0) is 9.84 Å². The summed E-state index contributed by atoms with van der Waals surface area (Å²) in [6.07, 6.45) is 1.73. The molecule has 2 rings (SSSR count). The van der Waals surface area contributed by atoms with E-state index in [-0.39, 0.29) is 6.04 Å². The van der Waals surface area contributed by atoms with Gasteiger partial charge in [-0.2, -0.15) is 0 Å². The molecule has 3 nitrogen and oxygen atoms in total. The number of benzene rings is 1. The standard InChI is InChI=1S/C15H23NO2S/c1-3-16-15(14-6-4-5-12(2)9-14)10-13-7-8-19(17,18)11-13/h4-6,9,13,15-16H,3,7-8,10-11H2,1-2H3. The molecule has 4 heteroatoms. The quantitative estimate of drug-likeness (QED) is 0.902. The largest absolute Gasteiger partial charge is 0.310 e. The van der Waals surface area contributed by atoms with Gasteiger partial charge in [0.25, 0.3) is 0 Å². The summed E-state index contributed by atoms with van der Waals surface area (Å²) in [6.45, 7) is 5.08. The molecule has 0 amide bonds.